The van der Waals surface area contributed by atoms with E-state index in [0.717, 1.165) is 16.5 Å². The number of nitrogens with one attached hydrogen (secondary N) is 3. The summed E-state index contributed by atoms with van der Waals surface area (Å²) in [5, 5.41) is 11.3. The third-order valence-electron chi connectivity index (χ3n) is 3.76. The van der Waals surface area contributed by atoms with Gasteiger partial charge in [0.1, 0.15) is 11.7 Å². The lowest BCUT2D eigenvalue weighted by Gasteiger charge is -2.11. The number of aromatic nitrogens is 2. The van der Waals surface area contributed by atoms with Gasteiger partial charge in [-0.05, 0) is 42.8 Å². The van der Waals surface area contributed by atoms with E-state index in [4.69, 9.17) is 11.1 Å². The average Bonchev–Trinajstić information content (AvgIpc) is 2.65. The van der Waals surface area contributed by atoms with Gasteiger partial charge in [-0.1, -0.05) is 12.1 Å². The highest BCUT2D eigenvalue weighted by Crippen LogP contribution is 2.26. The van der Waals surface area contributed by atoms with Crippen LogP contribution in [0.25, 0.3) is 10.9 Å². The minimum atomic E-state index is -0.322. The van der Waals surface area contributed by atoms with Crippen LogP contribution in [0.2, 0.25) is 0 Å². The Bertz CT molecular complexity index is 891. The van der Waals surface area contributed by atoms with Crippen LogP contribution in [0.15, 0.2) is 58.9 Å². The van der Waals surface area contributed by atoms with Crippen molar-refractivity contribution in [3.8, 4) is 0 Å². The number of fused-ring (bicyclic) bond motifs is 1. The topological polar surface area (TPSA) is 110 Å². The van der Waals surface area contributed by atoms with E-state index in [1.165, 1.54) is 0 Å². The second-order valence-electron chi connectivity index (χ2n) is 5.40. The van der Waals surface area contributed by atoms with Crippen molar-refractivity contribution in [1.29, 1.82) is 11.1 Å². The van der Waals surface area contributed by atoms with Gasteiger partial charge in [0.25, 0.3) is 0 Å². The number of hydrogen-bond donors (Lipinski definition) is 3. The van der Waals surface area contributed by atoms with Crippen LogP contribution in [-0.4, -0.2) is 9.97 Å². The number of benzene rings is 1. The zero-order chi connectivity index (χ0) is 16.9. The SMILES string of the molecule is CC(N=N)c1ccc(N=N)c(NCc2ccc3ncccc3c2)n1. The molecule has 0 fully saturated rings. The lowest BCUT2D eigenvalue weighted by molar-refractivity contribution is 0.710. The van der Waals surface area contributed by atoms with Crippen molar-refractivity contribution in [1.82, 2.24) is 9.97 Å². The second kappa shape index (κ2) is 6.91. The average molecular weight is 319 g/mol. The normalized spacial score (nSPS) is 11.9. The molecule has 3 N–H and O–H groups in total. The van der Waals surface area contributed by atoms with Crippen LogP contribution in [0, 0.1) is 11.1 Å². The second-order valence-corrected chi connectivity index (χ2v) is 5.40. The maximum Gasteiger partial charge on any atom is 0.154 e. The van der Waals surface area contributed by atoms with Crippen molar-refractivity contribution in [2.75, 3.05) is 5.32 Å². The quantitative estimate of drug-likeness (QED) is 0.556. The molecule has 0 saturated heterocycles. The Morgan fingerprint density at radius 2 is 2.04 bits per heavy atom. The summed E-state index contributed by atoms with van der Waals surface area (Å²) in [4.78, 5) is 8.75. The van der Waals surface area contributed by atoms with Gasteiger partial charge in [-0.15, -0.1) is 0 Å². The first-order valence-electron chi connectivity index (χ1n) is 7.54. The van der Waals surface area contributed by atoms with E-state index in [9.17, 15) is 0 Å². The van der Waals surface area contributed by atoms with E-state index < -0.39 is 0 Å². The molecular formula is C17H17N7. The van der Waals surface area contributed by atoms with Crippen LogP contribution in [0.4, 0.5) is 11.5 Å². The molecule has 24 heavy (non-hydrogen) atoms. The molecule has 2 heterocycles. The van der Waals surface area contributed by atoms with Crippen molar-refractivity contribution in [3.63, 3.8) is 0 Å². The molecule has 1 atom stereocenters. The molecule has 0 bridgehead atoms. The summed E-state index contributed by atoms with van der Waals surface area (Å²) in [6, 6.07) is 13.1. The van der Waals surface area contributed by atoms with Gasteiger partial charge >= 0.3 is 0 Å². The number of nitrogens with zero attached hydrogens (tertiary/aromatic N) is 4. The standard InChI is InChI=1S/C17H17N7/c1-11(23-18)14-6-7-16(24-19)17(22-14)21-10-12-4-5-15-13(9-12)3-2-8-20-15/h2-9,11,18-19H,10H2,1H3,(H,21,22). The predicted octanol–water partition coefficient (Wildman–Crippen LogP) is 5.00. The van der Waals surface area contributed by atoms with Crippen molar-refractivity contribution < 1.29 is 0 Å². The van der Waals surface area contributed by atoms with E-state index >= 15 is 0 Å². The third kappa shape index (κ3) is 3.24. The minimum Gasteiger partial charge on any atom is -0.364 e. The highest BCUT2D eigenvalue weighted by atomic mass is 15.1. The maximum absolute atomic E-state index is 7.27. The molecule has 0 aliphatic heterocycles. The van der Waals surface area contributed by atoms with Gasteiger partial charge in [-0.3, -0.25) is 4.98 Å². The van der Waals surface area contributed by atoms with E-state index in [2.05, 4.69) is 31.6 Å². The van der Waals surface area contributed by atoms with Crippen molar-refractivity contribution >= 4 is 22.4 Å². The molecule has 0 radical (unpaired) electrons. The van der Waals surface area contributed by atoms with Crippen molar-refractivity contribution in [2.45, 2.75) is 19.5 Å². The van der Waals surface area contributed by atoms with Crippen LogP contribution < -0.4 is 5.32 Å². The zero-order valence-electron chi connectivity index (χ0n) is 13.2. The lowest BCUT2D eigenvalue weighted by Crippen LogP contribution is -2.04. The van der Waals surface area contributed by atoms with Crippen LogP contribution >= 0.6 is 0 Å². The van der Waals surface area contributed by atoms with Gasteiger partial charge in [0.2, 0.25) is 0 Å². The Labute approximate surface area is 139 Å². The number of hydrogen-bond acceptors (Lipinski definition) is 7. The first-order chi connectivity index (χ1) is 11.7. The molecule has 1 aromatic carbocycles. The van der Waals surface area contributed by atoms with Crippen LogP contribution in [0.3, 0.4) is 0 Å². The Morgan fingerprint density at radius 1 is 1.17 bits per heavy atom. The minimum absolute atomic E-state index is 0.322. The summed E-state index contributed by atoms with van der Waals surface area (Å²) in [7, 11) is 0. The first-order valence-corrected chi connectivity index (χ1v) is 7.54. The third-order valence-corrected chi connectivity index (χ3v) is 3.76. The van der Waals surface area contributed by atoms with Crippen LogP contribution in [0.1, 0.15) is 24.2 Å². The summed E-state index contributed by atoms with van der Waals surface area (Å²) in [6.07, 6.45) is 1.77. The molecule has 0 amide bonds. The van der Waals surface area contributed by atoms with Gasteiger partial charge < -0.3 is 5.32 Å². The molecule has 0 aliphatic carbocycles. The fourth-order valence-corrected chi connectivity index (χ4v) is 2.41. The summed E-state index contributed by atoms with van der Waals surface area (Å²) in [5.41, 5.74) is 17.6. The predicted molar refractivity (Wildman–Crippen MR) is 91.7 cm³/mol. The first kappa shape index (κ1) is 15.7. The Kier molecular flexibility index (Phi) is 4.51. The molecule has 120 valence electrons. The van der Waals surface area contributed by atoms with Gasteiger partial charge in [-0.25, -0.2) is 16.0 Å². The maximum atomic E-state index is 7.27. The van der Waals surface area contributed by atoms with Crippen LogP contribution in [-0.2, 0) is 6.54 Å². The molecule has 0 aliphatic rings. The Hall–Kier alpha value is -3.22. The van der Waals surface area contributed by atoms with E-state index in [1.54, 1.807) is 25.3 Å². The van der Waals surface area contributed by atoms with Gasteiger partial charge in [0, 0.05) is 18.1 Å². The summed E-state index contributed by atoms with van der Waals surface area (Å²) >= 11 is 0. The molecule has 3 aromatic rings. The Morgan fingerprint density at radius 3 is 2.83 bits per heavy atom. The van der Waals surface area contributed by atoms with Gasteiger partial charge in [0.05, 0.1) is 11.2 Å². The molecule has 7 heteroatoms. The van der Waals surface area contributed by atoms with Crippen molar-refractivity contribution in [3.05, 3.63) is 59.9 Å². The number of pyridine rings is 2. The number of anilines is 1. The highest BCUT2D eigenvalue weighted by Gasteiger charge is 2.10. The molecule has 3 rings (SSSR count). The van der Waals surface area contributed by atoms with Gasteiger partial charge in [0.15, 0.2) is 5.82 Å². The van der Waals surface area contributed by atoms with Crippen molar-refractivity contribution in [2.24, 2.45) is 10.2 Å². The summed E-state index contributed by atoms with van der Waals surface area (Å²) in [5.74, 6) is 0.518. The monoisotopic (exact) mass is 319 g/mol. The zero-order valence-corrected chi connectivity index (χ0v) is 13.2. The van der Waals surface area contributed by atoms with E-state index in [0.29, 0.717) is 23.7 Å². The molecular weight excluding hydrogens is 302 g/mol. The molecule has 7 nitrogen and oxygen atoms in total. The van der Waals surface area contributed by atoms with Gasteiger partial charge in [-0.2, -0.15) is 10.2 Å². The highest BCUT2D eigenvalue weighted by molar-refractivity contribution is 5.79. The fourth-order valence-electron chi connectivity index (χ4n) is 2.41. The molecule has 2 aromatic heterocycles. The van der Waals surface area contributed by atoms with E-state index in [-0.39, 0.29) is 6.04 Å². The Balaban J connectivity index is 1.84. The summed E-state index contributed by atoms with van der Waals surface area (Å²) < 4.78 is 0. The largest absolute Gasteiger partial charge is 0.364 e. The summed E-state index contributed by atoms with van der Waals surface area (Å²) in [6.45, 7) is 2.35. The molecule has 0 spiro atoms. The smallest absolute Gasteiger partial charge is 0.154 e. The number of rotatable bonds is 6. The fraction of sp³-hybridized carbons (Fsp3) is 0.176. The van der Waals surface area contributed by atoms with Crippen LogP contribution in [0.5, 0.6) is 0 Å². The molecule has 1 unspecified atom stereocenters. The van der Waals surface area contributed by atoms with E-state index in [1.807, 2.05) is 24.3 Å². The lowest BCUT2D eigenvalue weighted by atomic mass is 10.1. The molecule has 0 saturated carbocycles.